The summed E-state index contributed by atoms with van der Waals surface area (Å²) in [6, 6.07) is 1.50. The summed E-state index contributed by atoms with van der Waals surface area (Å²) in [6.07, 6.45) is 5.13. The smallest absolute Gasteiger partial charge is 0.222 e. The van der Waals surface area contributed by atoms with Crippen molar-refractivity contribution in [3.8, 4) is 5.88 Å². The van der Waals surface area contributed by atoms with Gasteiger partial charge in [-0.1, -0.05) is 0 Å². The molecule has 0 radical (unpaired) electrons. The van der Waals surface area contributed by atoms with Crippen molar-refractivity contribution in [2.75, 3.05) is 7.05 Å². The zero-order chi connectivity index (χ0) is 10.4. The molecule has 2 bridgehead atoms. The molecule has 3 nitrogen and oxygen atoms in total. The molecule has 2 aliphatic rings. The van der Waals surface area contributed by atoms with E-state index in [0.717, 1.165) is 17.1 Å². The van der Waals surface area contributed by atoms with E-state index in [1.165, 1.54) is 25.7 Å². The number of piperidine rings is 1. The minimum Gasteiger partial charge on any atom is -0.493 e. The first-order valence-electron chi connectivity index (χ1n) is 5.60. The van der Waals surface area contributed by atoms with Crippen molar-refractivity contribution in [3.63, 3.8) is 0 Å². The summed E-state index contributed by atoms with van der Waals surface area (Å²) in [5.74, 6) is 0.783. The Kier molecular flexibility index (Phi) is 2.21. The molecule has 1 aromatic rings. The van der Waals surface area contributed by atoms with Gasteiger partial charge < -0.3 is 10.0 Å². The number of aromatic hydroxyl groups is 1. The van der Waals surface area contributed by atoms with Crippen molar-refractivity contribution in [2.24, 2.45) is 0 Å². The van der Waals surface area contributed by atoms with Gasteiger partial charge in [-0.3, -0.25) is 0 Å². The molecule has 0 aliphatic carbocycles. The molecule has 2 fully saturated rings. The van der Waals surface area contributed by atoms with Crippen LogP contribution in [0.5, 0.6) is 5.88 Å². The number of aromatic nitrogens is 1. The normalized spacial score (nSPS) is 35.9. The fourth-order valence-corrected chi connectivity index (χ4v) is 3.89. The Morgan fingerprint density at radius 3 is 2.60 bits per heavy atom. The van der Waals surface area contributed by atoms with Gasteiger partial charge in [0.1, 0.15) is 0 Å². The molecule has 3 rings (SSSR count). The predicted octanol–water partition coefficient (Wildman–Crippen LogP) is 2.19. The van der Waals surface area contributed by atoms with Gasteiger partial charge in [-0.25, -0.2) is 4.98 Å². The highest BCUT2D eigenvalue weighted by Gasteiger charge is 2.39. The molecule has 15 heavy (non-hydrogen) atoms. The summed E-state index contributed by atoms with van der Waals surface area (Å²) in [5.41, 5.74) is 0. The van der Waals surface area contributed by atoms with E-state index in [0.29, 0.717) is 5.92 Å². The van der Waals surface area contributed by atoms with Crippen LogP contribution < -0.4 is 0 Å². The van der Waals surface area contributed by atoms with Gasteiger partial charge in [-0.2, -0.15) is 0 Å². The molecule has 1 aromatic heterocycles. The first-order chi connectivity index (χ1) is 7.24. The molecule has 3 heterocycles. The van der Waals surface area contributed by atoms with Crippen LogP contribution in [-0.4, -0.2) is 34.1 Å². The number of rotatable bonds is 1. The third kappa shape index (κ3) is 1.56. The minimum absolute atomic E-state index is 0.196. The summed E-state index contributed by atoms with van der Waals surface area (Å²) in [7, 11) is 2.25. The number of fused-ring (bicyclic) bond motifs is 2. The monoisotopic (exact) mass is 224 g/mol. The van der Waals surface area contributed by atoms with Crippen molar-refractivity contribution in [1.82, 2.24) is 9.88 Å². The zero-order valence-corrected chi connectivity index (χ0v) is 9.70. The number of thiazole rings is 1. The molecule has 2 atom stereocenters. The maximum atomic E-state index is 9.27. The first kappa shape index (κ1) is 9.60. The Bertz CT molecular complexity index is 351. The molecule has 2 saturated heterocycles. The van der Waals surface area contributed by atoms with Crippen LogP contribution in [0.4, 0.5) is 0 Å². The minimum atomic E-state index is 0.196. The van der Waals surface area contributed by atoms with E-state index in [1.807, 2.05) is 0 Å². The van der Waals surface area contributed by atoms with Crippen molar-refractivity contribution in [3.05, 3.63) is 10.4 Å². The van der Waals surface area contributed by atoms with Crippen LogP contribution in [-0.2, 0) is 0 Å². The molecule has 82 valence electrons. The summed E-state index contributed by atoms with van der Waals surface area (Å²) in [4.78, 5) is 6.74. The zero-order valence-electron chi connectivity index (χ0n) is 8.89. The number of nitrogens with zero attached hydrogens (tertiary/aromatic N) is 2. The summed E-state index contributed by atoms with van der Waals surface area (Å²) in [5, 5.41) is 12.2. The summed E-state index contributed by atoms with van der Waals surface area (Å²) < 4.78 is 0. The van der Waals surface area contributed by atoms with Crippen molar-refractivity contribution >= 4 is 11.3 Å². The second-order valence-electron chi connectivity index (χ2n) is 4.76. The van der Waals surface area contributed by atoms with E-state index in [1.54, 1.807) is 16.7 Å². The van der Waals surface area contributed by atoms with Gasteiger partial charge in [-0.15, -0.1) is 11.3 Å². The molecule has 0 saturated carbocycles. The fourth-order valence-electron chi connectivity index (χ4n) is 3.08. The van der Waals surface area contributed by atoms with Gasteiger partial charge >= 0.3 is 0 Å². The van der Waals surface area contributed by atoms with Crippen LogP contribution in [0, 0.1) is 0 Å². The molecule has 0 aromatic carbocycles. The van der Waals surface area contributed by atoms with Crippen molar-refractivity contribution in [1.29, 1.82) is 0 Å². The van der Waals surface area contributed by atoms with Crippen LogP contribution >= 0.6 is 11.3 Å². The molecular formula is C11H16N2OS. The lowest BCUT2D eigenvalue weighted by Crippen LogP contribution is -2.39. The van der Waals surface area contributed by atoms with E-state index < -0.39 is 0 Å². The quantitative estimate of drug-likeness (QED) is 0.794. The van der Waals surface area contributed by atoms with Crippen molar-refractivity contribution in [2.45, 2.75) is 43.7 Å². The largest absolute Gasteiger partial charge is 0.493 e. The van der Waals surface area contributed by atoms with Crippen LogP contribution in [0.1, 0.15) is 36.6 Å². The van der Waals surface area contributed by atoms with Crippen LogP contribution in [0.2, 0.25) is 0 Å². The van der Waals surface area contributed by atoms with E-state index in [2.05, 4.69) is 16.9 Å². The Morgan fingerprint density at radius 1 is 1.40 bits per heavy atom. The van der Waals surface area contributed by atoms with Crippen LogP contribution in [0.25, 0.3) is 0 Å². The topological polar surface area (TPSA) is 36.4 Å². The molecular weight excluding hydrogens is 208 g/mol. The molecule has 2 aliphatic heterocycles. The van der Waals surface area contributed by atoms with Gasteiger partial charge in [0.2, 0.25) is 5.88 Å². The Balaban J connectivity index is 1.80. The Labute approximate surface area is 93.8 Å². The van der Waals surface area contributed by atoms with Crippen molar-refractivity contribution < 1.29 is 5.11 Å². The van der Waals surface area contributed by atoms with E-state index in [-0.39, 0.29) is 5.88 Å². The van der Waals surface area contributed by atoms with Crippen LogP contribution in [0.3, 0.4) is 0 Å². The standard InChI is InChI=1S/C11H16N2OS/c1-13-8-2-3-9(13)5-7(4-8)11-12-10(14)6-15-11/h6-9,14H,2-5H2,1H3. The molecule has 0 amide bonds. The maximum Gasteiger partial charge on any atom is 0.222 e. The second kappa shape index (κ2) is 3.46. The summed E-state index contributed by atoms with van der Waals surface area (Å²) in [6.45, 7) is 0. The average molecular weight is 224 g/mol. The number of hydrogen-bond acceptors (Lipinski definition) is 4. The van der Waals surface area contributed by atoms with Gasteiger partial charge in [-0.05, 0) is 32.7 Å². The predicted molar refractivity (Wildman–Crippen MR) is 60.3 cm³/mol. The average Bonchev–Trinajstić information content (AvgIpc) is 2.70. The first-order valence-corrected chi connectivity index (χ1v) is 6.48. The van der Waals surface area contributed by atoms with Gasteiger partial charge in [0.05, 0.1) is 10.4 Å². The van der Waals surface area contributed by atoms with Gasteiger partial charge in [0, 0.05) is 18.0 Å². The lowest BCUT2D eigenvalue weighted by atomic mass is 9.92. The third-order valence-electron chi connectivity index (χ3n) is 3.96. The molecule has 1 N–H and O–H groups in total. The Morgan fingerprint density at radius 2 is 2.07 bits per heavy atom. The molecule has 4 heteroatoms. The van der Waals surface area contributed by atoms with Gasteiger partial charge in [0.25, 0.3) is 0 Å². The molecule has 2 unspecified atom stereocenters. The highest BCUT2D eigenvalue weighted by Crippen LogP contribution is 2.43. The summed E-state index contributed by atoms with van der Waals surface area (Å²) >= 11 is 1.61. The third-order valence-corrected chi connectivity index (χ3v) is 4.95. The second-order valence-corrected chi connectivity index (χ2v) is 5.65. The SMILES string of the molecule is CN1C2CCC1CC(c1nc(O)cs1)C2. The lowest BCUT2D eigenvalue weighted by Gasteiger charge is -2.35. The van der Waals surface area contributed by atoms with E-state index in [4.69, 9.17) is 0 Å². The highest BCUT2D eigenvalue weighted by molar-refractivity contribution is 7.09. The fraction of sp³-hybridized carbons (Fsp3) is 0.727. The van der Waals surface area contributed by atoms with E-state index in [9.17, 15) is 5.11 Å². The Hall–Kier alpha value is -0.610. The highest BCUT2D eigenvalue weighted by atomic mass is 32.1. The van der Waals surface area contributed by atoms with Gasteiger partial charge in [0.15, 0.2) is 0 Å². The number of hydrogen-bond donors (Lipinski definition) is 1. The maximum absolute atomic E-state index is 9.27. The molecule has 0 spiro atoms. The van der Waals surface area contributed by atoms with E-state index >= 15 is 0 Å². The lowest BCUT2D eigenvalue weighted by molar-refractivity contribution is 0.161. The van der Waals surface area contributed by atoms with Crippen LogP contribution in [0.15, 0.2) is 5.38 Å².